The van der Waals surface area contributed by atoms with Gasteiger partial charge in [-0.15, -0.1) is 0 Å². The van der Waals surface area contributed by atoms with Crippen molar-refractivity contribution in [2.45, 2.75) is 32.2 Å². The number of benzene rings is 2. The van der Waals surface area contributed by atoms with E-state index in [9.17, 15) is 14.9 Å². The van der Waals surface area contributed by atoms with E-state index in [1.54, 1.807) is 18.2 Å². The topological polar surface area (TPSA) is 75.5 Å². The normalized spacial score (nSPS) is 17.1. The largest absolute Gasteiger partial charge is 0.369 e. The molecule has 140 valence electrons. The minimum atomic E-state index is -0.456. The monoisotopic (exact) mass is 365 g/mol. The van der Waals surface area contributed by atoms with Crippen LogP contribution >= 0.6 is 0 Å². The molecule has 2 aromatic carbocycles. The Morgan fingerprint density at radius 3 is 2.70 bits per heavy atom. The van der Waals surface area contributed by atoms with Gasteiger partial charge >= 0.3 is 0 Å². The molecule has 0 spiro atoms. The first-order valence-electron chi connectivity index (χ1n) is 9.13. The van der Waals surface area contributed by atoms with Gasteiger partial charge in [-0.05, 0) is 62.1 Å². The third-order valence-electron chi connectivity index (χ3n) is 4.78. The number of nitrogens with one attached hydrogen (secondary N) is 1. The highest BCUT2D eigenvalue weighted by Crippen LogP contribution is 2.25. The van der Waals surface area contributed by atoms with Crippen LogP contribution in [-0.2, 0) is 4.79 Å². The first-order valence-corrected chi connectivity index (χ1v) is 9.13. The van der Waals surface area contributed by atoms with Gasteiger partial charge in [0.15, 0.2) is 0 Å². The summed E-state index contributed by atoms with van der Waals surface area (Å²) in [5, 5.41) is 13.6. The van der Waals surface area contributed by atoms with Gasteiger partial charge < -0.3 is 10.2 Å². The third-order valence-corrected chi connectivity index (χ3v) is 4.78. The number of non-ortho nitro benzene ring substituents is 1. The second-order valence-electron chi connectivity index (χ2n) is 6.76. The van der Waals surface area contributed by atoms with Crippen molar-refractivity contribution in [1.29, 1.82) is 0 Å². The number of nitrogens with zero attached hydrogens (tertiary/aromatic N) is 2. The summed E-state index contributed by atoms with van der Waals surface area (Å²) in [6.07, 6.45) is 6.64. The number of carbonyl (C=O) groups excluding carboxylic acids is 1. The van der Waals surface area contributed by atoms with Crippen LogP contribution in [-0.4, -0.2) is 23.4 Å². The number of piperidine rings is 1. The van der Waals surface area contributed by atoms with Crippen LogP contribution in [0, 0.1) is 10.1 Å². The van der Waals surface area contributed by atoms with E-state index in [0.717, 1.165) is 12.2 Å². The summed E-state index contributed by atoms with van der Waals surface area (Å²) in [5.74, 6) is -0.277. The number of amides is 1. The Morgan fingerprint density at radius 1 is 1.22 bits per heavy atom. The van der Waals surface area contributed by atoms with E-state index in [0.29, 0.717) is 11.6 Å². The van der Waals surface area contributed by atoms with Crippen LogP contribution in [0.3, 0.4) is 0 Å². The zero-order valence-electron chi connectivity index (χ0n) is 15.3. The zero-order valence-corrected chi connectivity index (χ0v) is 15.3. The average Bonchev–Trinajstić information content (AvgIpc) is 2.68. The van der Waals surface area contributed by atoms with Crippen molar-refractivity contribution in [2.75, 3.05) is 16.8 Å². The van der Waals surface area contributed by atoms with Gasteiger partial charge in [0.2, 0.25) is 5.91 Å². The van der Waals surface area contributed by atoms with Crippen molar-refractivity contribution in [3.8, 4) is 0 Å². The van der Waals surface area contributed by atoms with E-state index in [4.69, 9.17) is 0 Å². The number of hydrogen-bond acceptors (Lipinski definition) is 4. The lowest BCUT2D eigenvalue weighted by atomic mass is 10.0. The van der Waals surface area contributed by atoms with E-state index in [2.05, 4.69) is 17.1 Å². The Kier molecular flexibility index (Phi) is 5.86. The van der Waals surface area contributed by atoms with Crippen LogP contribution in [0.25, 0.3) is 6.08 Å². The van der Waals surface area contributed by atoms with Crippen LogP contribution in [0.4, 0.5) is 17.1 Å². The standard InChI is InChI=1S/C21H23N3O3/c1-16-5-2-3-14-23(16)19-11-9-18(10-12-19)22-21(25)13-8-17-6-4-7-20(15-17)24(26)27/h4,6-13,15-16H,2-3,5,14H2,1H3,(H,22,25)/b13-8+/t16-/m0/s1. The fraction of sp³-hybridized carbons (Fsp3) is 0.286. The fourth-order valence-corrected chi connectivity index (χ4v) is 3.32. The summed E-state index contributed by atoms with van der Waals surface area (Å²) in [6.45, 7) is 3.31. The Morgan fingerprint density at radius 2 is 2.00 bits per heavy atom. The first-order chi connectivity index (χ1) is 13.0. The molecular formula is C21H23N3O3. The van der Waals surface area contributed by atoms with Crippen molar-refractivity contribution in [3.63, 3.8) is 0 Å². The Balaban J connectivity index is 1.61. The second-order valence-corrected chi connectivity index (χ2v) is 6.76. The van der Waals surface area contributed by atoms with Crippen LogP contribution < -0.4 is 10.2 Å². The molecule has 1 fully saturated rings. The maximum Gasteiger partial charge on any atom is 0.270 e. The molecule has 1 amide bonds. The van der Waals surface area contributed by atoms with Crippen molar-refractivity contribution < 1.29 is 9.72 Å². The summed E-state index contributed by atoms with van der Waals surface area (Å²) in [4.78, 5) is 24.8. The molecule has 1 N–H and O–H groups in total. The summed E-state index contributed by atoms with van der Waals surface area (Å²) < 4.78 is 0. The van der Waals surface area contributed by atoms with Gasteiger partial charge in [-0.1, -0.05) is 12.1 Å². The van der Waals surface area contributed by atoms with Gasteiger partial charge in [0.25, 0.3) is 5.69 Å². The van der Waals surface area contributed by atoms with Gasteiger partial charge in [0.1, 0.15) is 0 Å². The van der Waals surface area contributed by atoms with Crippen molar-refractivity contribution in [1.82, 2.24) is 0 Å². The van der Waals surface area contributed by atoms with Crippen molar-refractivity contribution >= 4 is 29.0 Å². The highest BCUT2D eigenvalue weighted by atomic mass is 16.6. The van der Waals surface area contributed by atoms with Crippen LogP contribution in [0.5, 0.6) is 0 Å². The third kappa shape index (κ3) is 4.94. The molecule has 0 unspecified atom stereocenters. The first kappa shape index (κ1) is 18.6. The average molecular weight is 365 g/mol. The lowest BCUT2D eigenvalue weighted by Crippen LogP contribution is -2.37. The summed E-state index contributed by atoms with van der Waals surface area (Å²) >= 11 is 0. The van der Waals surface area contributed by atoms with E-state index in [-0.39, 0.29) is 11.6 Å². The van der Waals surface area contributed by atoms with Crippen molar-refractivity contribution in [2.24, 2.45) is 0 Å². The molecule has 1 atom stereocenters. The number of rotatable bonds is 5. The number of carbonyl (C=O) groups is 1. The molecule has 0 bridgehead atoms. The predicted octanol–water partition coefficient (Wildman–Crippen LogP) is 4.63. The Bertz CT molecular complexity index is 846. The molecule has 27 heavy (non-hydrogen) atoms. The molecule has 1 aliphatic heterocycles. The van der Waals surface area contributed by atoms with E-state index in [1.165, 1.54) is 43.2 Å². The van der Waals surface area contributed by atoms with Gasteiger partial charge in [-0.3, -0.25) is 14.9 Å². The van der Waals surface area contributed by atoms with E-state index < -0.39 is 4.92 Å². The molecule has 6 heteroatoms. The van der Waals surface area contributed by atoms with E-state index in [1.807, 2.05) is 24.3 Å². The molecule has 0 radical (unpaired) electrons. The van der Waals surface area contributed by atoms with Gasteiger partial charge in [0, 0.05) is 42.2 Å². The zero-order chi connectivity index (χ0) is 19.2. The summed E-state index contributed by atoms with van der Waals surface area (Å²) in [7, 11) is 0. The van der Waals surface area contributed by atoms with Gasteiger partial charge in [-0.25, -0.2) is 0 Å². The Hall–Kier alpha value is -3.15. The summed E-state index contributed by atoms with van der Waals surface area (Å²) in [6, 6.07) is 14.5. The molecule has 6 nitrogen and oxygen atoms in total. The molecule has 1 saturated heterocycles. The lowest BCUT2D eigenvalue weighted by molar-refractivity contribution is -0.384. The summed E-state index contributed by atoms with van der Waals surface area (Å²) in [5.41, 5.74) is 2.50. The Labute approximate surface area is 158 Å². The van der Waals surface area contributed by atoms with Crippen LogP contribution in [0.2, 0.25) is 0 Å². The van der Waals surface area contributed by atoms with Gasteiger partial charge in [-0.2, -0.15) is 0 Å². The number of hydrogen-bond donors (Lipinski definition) is 1. The SMILES string of the molecule is C[C@H]1CCCCN1c1ccc(NC(=O)/C=C/c2cccc([N+](=O)[O-])c2)cc1. The molecule has 0 aliphatic carbocycles. The van der Waals surface area contributed by atoms with Crippen LogP contribution in [0.1, 0.15) is 31.7 Å². The number of nitro benzene ring substituents is 1. The minimum absolute atomic E-state index is 0.0000815. The number of anilines is 2. The predicted molar refractivity (Wildman–Crippen MR) is 108 cm³/mol. The molecule has 1 heterocycles. The highest BCUT2D eigenvalue weighted by Gasteiger charge is 2.18. The van der Waals surface area contributed by atoms with Crippen LogP contribution in [0.15, 0.2) is 54.6 Å². The van der Waals surface area contributed by atoms with E-state index >= 15 is 0 Å². The maximum atomic E-state index is 12.1. The van der Waals surface area contributed by atoms with Gasteiger partial charge in [0.05, 0.1) is 4.92 Å². The molecule has 3 rings (SSSR count). The number of nitro groups is 1. The molecule has 1 aliphatic rings. The van der Waals surface area contributed by atoms with Crippen molar-refractivity contribution in [3.05, 3.63) is 70.3 Å². The highest BCUT2D eigenvalue weighted by molar-refractivity contribution is 6.02. The molecule has 2 aromatic rings. The molecular weight excluding hydrogens is 342 g/mol. The lowest BCUT2D eigenvalue weighted by Gasteiger charge is -2.35. The smallest absolute Gasteiger partial charge is 0.270 e. The molecule has 0 saturated carbocycles. The minimum Gasteiger partial charge on any atom is -0.369 e. The molecule has 0 aromatic heterocycles. The quantitative estimate of drug-likeness (QED) is 0.476. The fourth-order valence-electron chi connectivity index (χ4n) is 3.32. The maximum absolute atomic E-state index is 12.1. The second kappa shape index (κ2) is 8.49.